The molecule has 120 valence electrons. The van der Waals surface area contributed by atoms with E-state index in [0.717, 1.165) is 19.3 Å². The molecule has 0 amide bonds. The van der Waals surface area contributed by atoms with Crippen LogP contribution in [0.25, 0.3) is 0 Å². The molecule has 20 heavy (non-hydrogen) atoms. The molecule has 0 saturated carbocycles. The number of unbranched alkanes of at least 4 members (excludes halogenated alkanes) is 1. The minimum Gasteiger partial charge on any atom is -0.394 e. The average molecular weight is 292 g/mol. The molecule has 0 radical (unpaired) electrons. The van der Waals surface area contributed by atoms with E-state index in [1.807, 2.05) is 13.8 Å². The van der Waals surface area contributed by atoms with Gasteiger partial charge < -0.3 is 29.9 Å². The molecule has 1 rings (SSSR count). The van der Waals surface area contributed by atoms with E-state index in [9.17, 15) is 15.3 Å². The summed E-state index contributed by atoms with van der Waals surface area (Å²) in [5.74, 6) is -0.728. The molecule has 1 fully saturated rings. The van der Waals surface area contributed by atoms with E-state index in [1.165, 1.54) is 0 Å². The first-order valence-corrected chi connectivity index (χ1v) is 7.27. The van der Waals surface area contributed by atoms with Crippen molar-refractivity contribution in [3.8, 4) is 0 Å². The van der Waals surface area contributed by atoms with E-state index in [-0.39, 0.29) is 12.2 Å². The van der Waals surface area contributed by atoms with Crippen LogP contribution in [0.2, 0.25) is 0 Å². The van der Waals surface area contributed by atoms with Crippen molar-refractivity contribution < 1.29 is 29.9 Å². The highest BCUT2D eigenvalue weighted by Crippen LogP contribution is 2.27. The lowest BCUT2D eigenvalue weighted by Gasteiger charge is -2.41. The van der Waals surface area contributed by atoms with E-state index >= 15 is 0 Å². The molecule has 6 heteroatoms. The Labute approximate surface area is 120 Å². The summed E-state index contributed by atoms with van der Waals surface area (Å²) < 4.78 is 10.8. The molecule has 1 heterocycles. The molecule has 0 aromatic carbocycles. The quantitative estimate of drug-likeness (QED) is 0.528. The average Bonchev–Trinajstić information content (AvgIpc) is 2.40. The van der Waals surface area contributed by atoms with Crippen molar-refractivity contribution in [2.45, 2.75) is 70.2 Å². The van der Waals surface area contributed by atoms with Crippen molar-refractivity contribution in [1.29, 1.82) is 0 Å². The lowest BCUT2D eigenvalue weighted by Crippen LogP contribution is -2.57. The third-order valence-corrected chi connectivity index (χ3v) is 3.83. The summed E-state index contributed by atoms with van der Waals surface area (Å²) in [7, 11) is 0. The largest absolute Gasteiger partial charge is 0.394 e. The first-order chi connectivity index (χ1) is 9.32. The fourth-order valence-electron chi connectivity index (χ4n) is 2.33. The highest BCUT2D eigenvalue weighted by Gasteiger charge is 2.44. The first kappa shape index (κ1) is 17.8. The topological polar surface area (TPSA) is 99.4 Å². The van der Waals surface area contributed by atoms with Crippen LogP contribution in [0, 0.1) is 5.92 Å². The molecule has 0 spiro atoms. The zero-order chi connectivity index (χ0) is 15.3. The minimum absolute atomic E-state index is 0.0915. The molecular formula is C14H28O6. The normalized spacial score (nSPS) is 35.2. The number of hydrogen-bond donors (Lipinski definition) is 4. The Balaban J connectivity index is 2.54. The second kappa shape index (κ2) is 7.68. The van der Waals surface area contributed by atoms with Gasteiger partial charge in [-0.1, -0.05) is 19.8 Å². The van der Waals surface area contributed by atoms with Crippen molar-refractivity contribution in [1.82, 2.24) is 0 Å². The fraction of sp³-hybridized carbons (Fsp3) is 1.00. The molecule has 1 saturated heterocycles. The van der Waals surface area contributed by atoms with Crippen molar-refractivity contribution in [2.24, 2.45) is 5.92 Å². The number of hydrogen-bond acceptors (Lipinski definition) is 6. The summed E-state index contributed by atoms with van der Waals surface area (Å²) in [6, 6.07) is 0. The maximum Gasteiger partial charge on any atom is 0.162 e. The maximum absolute atomic E-state index is 10.0. The zero-order valence-electron chi connectivity index (χ0n) is 12.5. The zero-order valence-corrected chi connectivity index (χ0v) is 12.5. The molecule has 0 aromatic heterocycles. The van der Waals surface area contributed by atoms with Gasteiger partial charge in [0.2, 0.25) is 0 Å². The third-order valence-electron chi connectivity index (χ3n) is 3.83. The molecule has 0 aromatic rings. The SMILES string of the molecule is CCCCC(C)(C)OCC1C(O)OC(CO)C(O)C1O. The van der Waals surface area contributed by atoms with Gasteiger partial charge in [-0.15, -0.1) is 0 Å². The molecule has 0 aliphatic carbocycles. The second-order valence-electron chi connectivity index (χ2n) is 6.07. The van der Waals surface area contributed by atoms with Crippen molar-refractivity contribution in [3.05, 3.63) is 0 Å². The van der Waals surface area contributed by atoms with E-state index in [2.05, 4.69) is 6.92 Å². The third kappa shape index (κ3) is 4.65. The molecule has 4 N–H and O–H groups in total. The van der Waals surface area contributed by atoms with Gasteiger partial charge in [-0.05, 0) is 20.3 Å². The van der Waals surface area contributed by atoms with E-state index in [1.54, 1.807) is 0 Å². The molecule has 0 bridgehead atoms. The van der Waals surface area contributed by atoms with Gasteiger partial charge in [-0.25, -0.2) is 0 Å². The van der Waals surface area contributed by atoms with Crippen LogP contribution in [0.4, 0.5) is 0 Å². The van der Waals surface area contributed by atoms with Crippen LogP contribution < -0.4 is 0 Å². The summed E-state index contributed by atoms with van der Waals surface area (Å²) in [4.78, 5) is 0. The number of aliphatic hydroxyl groups is 4. The first-order valence-electron chi connectivity index (χ1n) is 7.27. The summed E-state index contributed by atoms with van der Waals surface area (Å²) in [5.41, 5.74) is -0.353. The summed E-state index contributed by atoms with van der Waals surface area (Å²) in [6.07, 6.45) is -1.65. The molecule has 1 aliphatic rings. The molecule has 6 nitrogen and oxygen atoms in total. The highest BCUT2D eigenvalue weighted by molar-refractivity contribution is 4.88. The Kier molecular flexibility index (Phi) is 6.84. The smallest absolute Gasteiger partial charge is 0.162 e. The van der Waals surface area contributed by atoms with Gasteiger partial charge >= 0.3 is 0 Å². The lowest BCUT2D eigenvalue weighted by atomic mass is 9.91. The predicted octanol–water partition coefficient (Wildman–Crippen LogP) is 0.0193. The molecule has 5 unspecified atom stereocenters. The Morgan fingerprint density at radius 2 is 1.80 bits per heavy atom. The van der Waals surface area contributed by atoms with E-state index < -0.39 is 37.1 Å². The Hall–Kier alpha value is -0.240. The van der Waals surface area contributed by atoms with Crippen molar-refractivity contribution in [3.63, 3.8) is 0 Å². The van der Waals surface area contributed by atoms with Gasteiger partial charge in [0.05, 0.1) is 30.8 Å². The van der Waals surface area contributed by atoms with Crippen LogP contribution in [0.5, 0.6) is 0 Å². The van der Waals surface area contributed by atoms with Gasteiger partial charge in [0.15, 0.2) is 6.29 Å². The van der Waals surface area contributed by atoms with Gasteiger partial charge in [0, 0.05) is 0 Å². The molecular weight excluding hydrogens is 264 g/mol. The van der Waals surface area contributed by atoms with E-state index in [4.69, 9.17) is 14.6 Å². The summed E-state index contributed by atoms with van der Waals surface area (Å²) in [5, 5.41) is 38.6. The van der Waals surface area contributed by atoms with Crippen LogP contribution in [-0.2, 0) is 9.47 Å². The standard InChI is InChI=1S/C14H28O6/c1-4-5-6-14(2,3)19-8-9-11(16)12(17)10(7-15)20-13(9)18/h9-13,15-18H,4-8H2,1-3H3. The van der Waals surface area contributed by atoms with Crippen LogP contribution in [0.3, 0.4) is 0 Å². The Morgan fingerprint density at radius 3 is 2.35 bits per heavy atom. The monoisotopic (exact) mass is 292 g/mol. The van der Waals surface area contributed by atoms with Gasteiger partial charge in [0.25, 0.3) is 0 Å². The van der Waals surface area contributed by atoms with E-state index in [0.29, 0.717) is 0 Å². The van der Waals surface area contributed by atoms with Crippen molar-refractivity contribution >= 4 is 0 Å². The van der Waals surface area contributed by atoms with Crippen LogP contribution in [0.15, 0.2) is 0 Å². The van der Waals surface area contributed by atoms with Crippen molar-refractivity contribution in [2.75, 3.05) is 13.2 Å². The molecule has 5 atom stereocenters. The lowest BCUT2D eigenvalue weighted by molar-refractivity contribution is -0.281. The molecule has 1 aliphatic heterocycles. The highest BCUT2D eigenvalue weighted by atomic mass is 16.6. The van der Waals surface area contributed by atoms with Gasteiger partial charge in [0.1, 0.15) is 12.2 Å². The summed E-state index contributed by atoms with van der Waals surface area (Å²) in [6.45, 7) is 5.65. The number of rotatable bonds is 7. The Morgan fingerprint density at radius 1 is 1.15 bits per heavy atom. The van der Waals surface area contributed by atoms with Gasteiger partial charge in [-0.2, -0.15) is 0 Å². The summed E-state index contributed by atoms with van der Waals surface area (Å²) >= 11 is 0. The van der Waals surface area contributed by atoms with Crippen LogP contribution >= 0.6 is 0 Å². The van der Waals surface area contributed by atoms with Gasteiger partial charge in [-0.3, -0.25) is 0 Å². The maximum atomic E-state index is 10.0. The predicted molar refractivity (Wildman–Crippen MR) is 73.0 cm³/mol. The number of ether oxygens (including phenoxy) is 2. The second-order valence-corrected chi connectivity index (χ2v) is 6.07. The fourth-order valence-corrected chi connectivity index (χ4v) is 2.33. The minimum atomic E-state index is -1.26. The van der Waals surface area contributed by atoms with Crippen LogP contribution in [-0.4, -0.2) is 63.8 Å². The Bertz CT molecular complexity index is 283. The number of aliphatic hydroxyl groups excluding tert-OH is 4. The van der Waals surface area contributed by atoms with Crippen LogP contribution in [0.1, 0.15) is 40.0 Å².